The molecular weight excluding hydrogens is 536 g/mol. The zero-order valence-electron chi connectivity index (χ0n) is 22.6. The van der Waals surface area contributed by atoms with E-state index in [1.54, 1.807) is 22.7 Å². The predicted octanol–water partition coefficient (Wildman–Crippen LogP) is 5.52. The van der Waals surface area contributed by atoms with Gasteiger partial charge in [0.05, 0.1) is 26.0 Å². The summed E-state index contributed by atoms with van der Waals surface area (Å²) in [4.78, 5) is 21.9. The number of aromatic nitrogens is 4. The average Bonchev–Trinajstić information content (AvgIpc) is 3.61. The number of fused-ring (bicyclic) bond motifs is 1. The lowest BCUT2D eigenvalue weighted by Gasteiger charge is -2.32. The number of rotatable bonds is 10. The number of ether oxygens (including phenoxy) is 3. The summed E-state index contributed by atoms with van der Waals surface area (Å²) in [5.74, 6) is -2.94. The van der Waals surface area contributed by atoms with E-state index >= 15 is 0 Å². The first kappa shape index (κ1) is 27.4. The van der Waals surface area contributed by atoms with E-state index in [1.165, 1.54) is 6.20 Å². The van der Waals surface area contributed by atoms with Gasteiger partial charge in [-0.3, -0.25) is 9.20 Å². The van der Waals surface area contributed by atoms with Crippen molar-refractivity contribution >= 4 is 17.2 Å². The van der Waals surface area contributed by atoms with Crippen molar-refractivity contribution in [2.75, 3.05) is 25.1 Å². The Kier molecular flexibility index (Phi) is 7.78. The minimum absolute atomic E-state index is 0.133. The van der Waals surface area contributed by atoms with Crippen molar-refractivity contribution < 1.29 is 32.3 Å². The third kappa shape index (κ3) is 6.29. The van der Waals surface area contributed by atoms with E-state index in [9.17, 15) is 13.6 Å². The maximum Gasteiger partial charge on any atom is 0.274 e. The van der Waals surface area contributed by atoms with Crippen LogP contribution in [0, 0.1) is 6.92 Å². The fourth-order valence-electron chi connectivity index (χ4n) is 4.99. The topological polar surface area (TPSA) is 113 Å². The molecule has 1 saturated carbocycles. The summed E-state index contributed by atoms with van der Waals surface area (Å²) in [5, 5.41) is 6.81. The molecule has 1 saturated heterocycles. The van der Waals surface area contributed by atoms with Gasteiger partial charge in [0.15, 0.2) is 12.1 Å². The summed E-state index contributed by atoms with van der Waals surface area (Å²) in [6.07, 6.45) is 5.74. The summed E-state index contributed by atoms with van der Waals surface area (Å²) < 4.78 is 50.5. The Labute approximate surface area is 235 Å². The summed E-state index contributed by atoms with van der Waals surface area (Å²) in [7, 11) is 0. The molecule has 6 rings (SSSR count). The first-order chi connectivity index (χ1) is 19.8. The molecular formula is C29H31F2N5O5. The van der Waals surface area contributed by atoms with Crippen LogP contribution in [-0.2, 0) is 20.8 Å². The maximum atomic E-state index is 13.2. The number of nitrogens with zero attached hydrogens (tertiary/aromatic N) is 4. The average molecular weight is 568 g/mol. The molecule has 2 aliphatic rings. The van der Waals surface area contributed by atoms with Crippen LogP contribution in [0.2, 0.25) is 0 Å². The molecule has 10 nitrogen and oxygen atoms in total. The van der Waals surface area contributed by atoms with Crippen LogP contribution in [0.4, 0.5) is 14.5 Å². The molecule has 2 fully saturated rings. The van der Waals surface area contributed by atoms with E-state index in [2.05, 4.69) is 20.4 Å². The number of amides is 1. The lowest BCUT2D eigenvalue weighted by molar-refractivity contribution is -0.169. The number of halogens is 2. The van der Waals surface area contributed by atoms with Gasteiger partial charge in [-0.2, -0.15) is 4.98 Å². The van der Waals surface area contributed by atoms with Gasteiger partial charge >= 0.3 is 0 Å². The molecule has 1 aliphatic carbocycles. The Bertz CT molecular complexity index is 1520. The van der Waals surface area contributed by atoms with Crippen LogP contribution in [0.5, 0.6) is 0 Å². The summed E-state index contributed by atoms with van der Waals surface area (Å²) in [5.41, 5.74) is 3.88. The molecule has 4 heterocycles. The molecule has 41 heavy (non-hydrogen) atoms. The Morgan fingerprint density at radius 2 is 2.07 bits per heavy atom. The van der Waals surface area contributed by atoms with E-state index in [-0.39, 0.29) is 36.8 Å². The normalized spacial score (nSPS) is 18.9. The molecule has 1 aromatic carbocycles. The first-order valence-corrected chi connectivity index (χ1v) is 13.8. The summed E-state index contributed by atoms with van der Waals surface area (Å²) >= 11 is 0. The minimum Gasteiger partial charge on any atom is -0.374 e. The Balaban J connectivity index is 1.06. The minimum atomic E-state index is -2.67. The third-order valence-electron chi connectivity index (χ3n) is 7.38. The molecule has 1 unspecified atom stereocenters. The third-order valence-corrected chi connectivity index (χ3v) is 7.38. The fourth-order valence-corrected chi connectivity index (χ4v) is 4.99. The highest BCUT2D eigenvalue weighted by molar-refractivity contribution is 6.04. The Hall–Kier alpha value is -3.74. The number of nitrogens with one attached hydrogen (secondary N) is 1. The van der Waals surface area contributed by atoms with Gasteiger partial charge in [0.2, 0.25) is 5.92 Å². The van der Waals surface area contributed by atoms with Crippen LogP contribution in [0.25, 0.3) is 17.1 Å². The Morgan fingerprint density at radius 1 is 1.20 bits per heavy atom. The SMILES string of the molecule is Cc1ccc(-c2nc(C3CC(F)(F)C3)no2)cc1NC(=O)c1cnc2cc(COCCOC3CCCCO3)ccn12. The maximum absolute atomic E-state index is 13.2. The number of carbonyl (C=O) groups is 1. The van der Waals surface area contributed by atoms with E-state index in [1.807, 2.05) is 25.1 Å². The van der Waals surface area contributed by atoms with Crippen molar-refractivity contribution in [3.63, 3.8) is 0 Å². The highest BCUT2D eigenvalue weighted by Crippen LogP contribution is 2.47. The predicted molar refractivity (Wildman–Crippen MR) is 144 cm³/mol. The monoisotopic (exact) mass is 567 g/mol. The number of aryl methyl sites for hydroxylation is 1. The molecule has 0 spiro atoms. The number of hydrogen-bond acceptors (Lipinski definition) is 8. The molecule has 4 aromatic rings. The molecule has 12 heteroatoms. The van der Waals surface area contributed by atoms with Crippen molar-refractivity contribution in [1.82, 2.24) is 19.5 Å². The van der Waals surface area contributed by atoms with Crippen molar-refractivity contribution in [2.24, 2.45) is 0 Å². The van der Waals surface area contributed by atoms with Gasteiger partial charge in [0, 0.05) is 42.8 Å². The number of carbonyl (C=O) groups excluding carboxylic acids is 1. The van der Waals surface area contributed by atoms with Crippen molar-refractivity contribution in [1.29, 1.82) is 0 Å². The molecule has 0 bridgehead atoms. The van der Waals surface area contributed by atoms with Crippen LogP contribution < -0.4 is 5.32 Å². The number of imidazole rings is 1. The van der Waals surface area contributed by atoms with Crippen LogP contribution >= 0.6 is 0 Å². The quantitative estimate of drug-likeness (QED) is 0.249. The van der Waals surface area contributed by atoms with Gasteiger partial charge in [-0.05, 0) is 61.6 Å². The first-order valence-electron chi connectivity index (χ1n) is 13.8. The number of anilines is 1. The standard InChI is InChI=1S/C29H31F2N5O5/c1-18-5-6-20(28-34-26(35-41-28)21-14-29(30,31)15-21)13-22(18)33-27(37)23-16-32-24-12-19(7-8-36(23)24)17-38-10-11-40-25-4-2-3-9-39-25/h5-8,12-13,16,21,25H,2-4,9-11,14-15,17H2,1H3,(H,33,37). The van der Waals surface area contributed by atoms with E-state index < -0.39 is 11.8 Å². The van der Waals surface area contributed by atoms with E-state index in [4.69, 9.17) is 18.7 Å². The zero-order chi connectivity index (χ0) is 28.4. The summed E-state index contributed by atoms with van der Waals surface area (Å²) in [6, 6.07) is 9.08. The highest BCUT2D eigenvalue weighted by atomic mass is 19.3. The second-order valence-corrected chi connectivity index (χ2v) is 10.5. The molecule has 3 aromatic heterocycles. The number of pyridine rings is 1. The molecule has 1 atom stereocenters. The highest BCUT2D eigenvalue weighted by Gasteiger charge is 2.48. The van der Waals surface area contributed by atoms with Crippen LogP contribution in [0.3, 0.4) is 0 Å². The van der Waals surface area contributed by atoms with Crippen molar-refractivity contribution in [3.8, 4) is 11.5 Å². The second kappa shape index (κ2) is 11.6. The lowest BCUT2D eigenvalue weighted by atomic mass is 9.81. The van der Waals surface area contributed by atoms with Gasteiger partial charge in [0.25, 0.3) is 11.8 Å². The number of hydrogen-bond donors (Lipinski definition) is 1. The van der Waals surface area contributed by atoms with Gasteiger partial charge in [0.1, 0.15) is 11.3 Å². The van der Waals surface area contributed by atoms with Crippen LogP contribution in [0.1, 0.15) is 65.5 Å². The fraction of sp³-hybridized carbons (Fsp3) is 0.448. The largest absolute Gasteiger partial charge is 0.374 e. The number of alkyl halides is 2. The molecule has 1 aliphatic heterocycles. The van der Waals surface area contributed by atoms with Crippen molar-refractivity contribution in [3.05, 3.63) is 65.4 Å². The second-order valence-electron chi connectivity index (χ2n) is 10.5. The molecule has 216 valence electrons. The van der Waals surface area contributed by atoms with Crippen LogP contribution in [-0.4, -0.2) is 57.5 Å². The zero-order valence-corrected chi connectivity index (χ0v) is 22.6. The van der Waals surface area contributed by atoms with Gasteiger partial charge in [-0.1, -0.05) is 11.2 Å². The van der Waals surface area contributed by atoms with Gasteiger partial charge in [-0.25, -0.2) is 13.8 Å². The Morgan fingerprint density at radius 3 is 2.88 bits per heavy atom. The number of benzene rings is 1. The van der Waals surface area contributed by atoms with E-state index in [0.717, 1.165) is 37.0 Å². The summed E-state index contributed by atoms with van der Waals surface area (Å²) in [6.45, 7) is 3.92. The van der Waals surface area contributed by atoms with Crippen molar-refractivity contribution in [2.45, 2.75) is 63.8 Å². The molecule has 0 radical (unpaired) electrons. The smallest absolute Gasteiger partial charge is 0.274 e. The lowest BCUT2D eigenvalue weighted by Crippen LogP contribution is -2.34. The van der Waals surface area contributed by atoms with Gasteiger partial charge in [-0.15, -0.1) is 0 Å². The molecule has 1 amide bonds. The van der Waals surface area contributed by atoms with Crippen LogP contribution in [0.15, 0.2) is 47.2 Å². The molecule has 1 N–H and O–H groups in total. The van der Waals surface area contributed by atoms with Gasteiger partial charge < -0.3 is 24.1 Å². The van der Waals surface area contributed by atoms with E-state index in [0.29, 0.717) is 42.4 Å².